The van der Waals surface area contributed by atoms with Crippen LogP contribution in [-0.2, 0) is 20.7 Å². The molecule has 2 heterocycles. The Morgan fingerprint density at radius 1 is 1.18 bits per heavy atom. The van der Waals surface area contributed by atoms with Crippen molar-refractivity contribution in [2.45, 2.75) is 58.7 Å². The molecule has 0 atom stereocenters. The fourth-order valence-corrected chi connectivity index (χ4v) is 3.47. The number of unbranched alkanes of at least 4 members (excludes halogenated alkanes) is 1. The molecule has 2 aromatic rings. The van der Waals surface area contributed by atoms with Gasteiger partial charge in [-0.05, 0) is 44.7 Å². The first-order valence-corrected chi connectivity index (χ1v) is 9.90. The summed E-state index contributed by atoms with van der Waals surface area (Å²) in [4.78, 5) is 15.9. The molecule has 0 bridgehead atoms. The van der Waals surface area contributed by atoms with Gasteiger partial charge in [-0.25, -0.2) is 9.78 Å². The van der Waals surface area contributed by atoms with E-state index in [4.69, 9.17) is 13.9 Å². The van der Waals surface area contributed by atoms with Crippen molar-refractivity contribution >= 4 is 5.97 Å². The summed E-state index contributed by atoms with van der Waals surface area (Å²) in [6.07, 6.45) is 4.67. The second-order valence-corrected chi connectivity index (χ2v) is 7.78. The van der Waals surface area contributed by atoms with Gasteiger partial charge in [0.25, 0.3) is 5.79 Å². The second kappa shape index (κ2) is 8.45. The van der Waals surface area contributed by atoms with E-state index in [1.807, 2.05) is 37.3 Å². The van der Waals surface area contributed by atoms with Crippen LogP contribution >= 0.6 is 0 Å². The molecule has 0 saturated carbocycles. The molecule has 1 aromatic carbocycles. The van der Waals surface area contributed by atoms with Crippen molar-refractivity contribution in [3.8, 4) is 11.5 Å². The van der Waals surface area contributed by atoms with Gasteiger partial charge in [0.2, 0.25) is 5.89 Å². The lowest BCUT2D eigenvalue weighted by atomic mass is 9.80. The number of carboxylic acids is 1. The number of aliphatic carboxylic acids is 1. The lowest BCUT2D eigenvalue weighted by Gasteiger charge is -2.42. The molecule has 3 rings (SSSR count). The van der Waals surface area contributed by atoms with Crippen molar-refractivity contribution in [2.24, 2.45) is 5.41 Å². The van der Waals surface area contributed by atoms with E-state index in [1.165, 1.54) is 6.92 Å². The fraction of sp³-hybridized carbons (Fsp3) is 0.545. The molecule has 1 N–H and O–H groups in total. The highest BCUT2D eigenvalue weighted by Crippen LogP contribution is 2.37. The number of hydrogen-bond donors (Lipinski definition) is 1. The number of carboxylic acid groups (broad SMARTS) is 1. The van der Waals surface area contributed by atoms with Crippen LogP contribution in [0.2, 0.25) is 0 Å². The predicted octanol–water partition coefficient (Wildman–Crippen LogP) is 4.61. The van der Waals surface area contributed by atoms with Gasteiger partial charge in [0.1, 0.15) is 5.76 Å². The fourth-order valence-electron chi connectivity index (χ4n) is 3.47. The van der Waals surface area contributed by atoms with Gasteiger partial charge in [0.05, 0.1) is 18.9 Å². The minimum absolute atomic E-state index is 0.122. The van der Waals surface area contributed by atoms with Crippen molar-refractivity contribution in [3.63, 3.8) is 0 Å². The molecule has 0 radical (unpaired) electrons. The van der Waals surface area contributed by atoms with Gasteiger partial charge in [0, 0.05) is 17.9 Å². The number of carbonyl (C=O) groups is 1. The van der Waals surface area contributed by atoms with Gasteiger partial charge < -0.3 is 19.0 Å². The average molecular weight is 387 g/mol. The smallest absolute Gasteiger partial charge is 0.364 e. The zero-order valence-corrected chi connectivity index (χ0v) is 16.9. The van der Waals surface area contributed by atoms with E-state index < -0.39 is 11.8 Å². The highest BCUT2D eigenvalue weighted by molar-refractivity contribution is 5.75. The maximum Gasteiger partial charge on any atom is 0.364 e. The molecular weight excluding hydrogens is 358 g/mol. The Bertz CT molecular complexity index is 791. The van der Waals surface area contributed by atoms with Gasteiger partial charge in [-0.3, -0.25) is 0 Å². The largest absolute Gasteiger partial charge is 0.477 e. The number of ether oxygens (including phenoxy) is 2. The number of aryl methyl sites for hydroxylation is 2. The molecule has 28 heavy (non-hydrogen) atoms. The van der Waals surface area contributed by atoms with Crippen LogP contribution in [0, 0.1) is 12.3 Å². The van der Waals surface area contributed by atoms with E-state index in [9.17, 15) is 9.90 Å². The third-order valence-corrected chi connectivity index (χ3v) is 5.73. The Balaban J connectivity index is 1.52. The molecule has 6 heteroatoms. The summed E-state index contributed by atoms with van der Waals surface area (Å²) < 4.78 is 17.0. The number of nitrogens with zero attached hydrogens (tertiary/aromatic N) is 1. The monoisotopic (exact) mass is 387 g/mol. The summed E-state index contributed by atoms with van der Waals surface area (Å²) in [7, 11) is 0. The van der Waals surface area contributed by atoms with Crippen LogP contribution in [0.1, 0.15) is 51.0 Å². The Morgan fingerprint density at radius 2 is 1.86 bits per heavy atom. The van der Waals surface area contributed by atoms with Crippen LogP contribution in [-0.4, -0.2) is 35.1 Å². The summed E-state index contributed by atoms with van der Waals surface area (Å²) in [5, 5.41) is 9.23. The third kappa shape index (κ3) is 4.45. The molecule has 152 valence electrons. The van der Waals surface area contributed by atoms with E-state index in [-0.39, 0.29) is 5.41 Å². The van der Waals surface area contributed by atoms with E-state index >= 15 is 0 Å². The molecule has 0 amide bonds. The van der Waals surface area contributed by atoms with Crippen LogP contribution in [0.3, 0.4) is 0 Å². The average Bonchev–Trinajstić information content (AvgIpc) is 3.08. The second-order valence-electron chi connectivity index (χ2n) is 7.78. The Morgan fingerprint density at radius 3 is 2.46 bits per heavy atom. The Kier molecular flexibility index (Phi) is 6.20. The number of benzene rings is 1. The molecule has 1 aliphatic heterocycles. The predicted molar refractivity (Wildman–Crippen MR) is 105 cm³/mol. The summed E-state index contributed by atoms with van der Waals surface area (Å²) in [5.41, 5.74) is 1.86. The van der Waals surface area contributed by atoms with E-state index in [0.717, 1.165) is 49.1 Å². The quantitative estimate of drug-likeness (QED) is 0.666. The van der Waals surface area contributed by atoms with Crippen LogP contribution in [0.15, 0.2) is 34.7 Å². The topological polar surface area (TPSA) is 81.8 Å². The van der Waals surface area contributed by atoms with Crippen molar-refractivity contribution in [3.05, 3.63) is 41.8 Å². The number of aromatic nitrogens is 1. The maximum atomic E-state index is 11.3. The normalized spacial score (nSPS) is 25.0. The number of rotatable bonds is 8. The zero-order valence-electron chi connectivity index (χ0n) is 16.9. The van der Waals surface area contributed by atoms with Gasteiger partial charge in [0.15, 0.2) is 0 Å². The van der Waals surface area contributed by atoms with E-state index in [1.54, 1.807) is 0 Å². The summed E-state index contributed by atoms with van der Waals surface area (Å²) in [5.74, 6) is -1.07. The van der Waals surface area contributed by atoms with Crippen LogP contribution in [0.4, 0.5) is 0 Å². The number of oxazole rings is 1. The zero-order chi connectivity index (χ0) is 20.2. The highest BCUT2D eigenvalue weighted by atomic mass is 16.7. The van der Waals surface area contributed by atoms with E-state index in [2.05, 4.69) is 11.9 Å². The Labute approximate surface area is 165 Å². The molecular formula is C22H29NO5. The van der Waals surface area contributed by atoms with Crippen LogP contribution in [0.25, 0.3) is 11.5 Å². The molecule has 1 aromatic heterocycles. The van der Waals surface area contributed by atoms with Crippen molar-refractivity contribution in [1.82, 2.24) is 4.98 Å². The molecule has 1 fully saturated rings. The van der Waals surface area contributed by atoms with Crippen molar-refractivity contribution in [1.29, 1.82) is 0 Å². The minimum Gasteiger partial charge on any atom is -0.477 e. The minimum atomic E-state index is -1.52. The number of hydrogen-bond acceptors (Lipinski definition) is 5. The van der Waals surface area contributed by atoms with Gasteiger partial charge in [-0.2, -0.15) is 0 Å². The molecule has 6 nitrogen and oxygen atoms in total. The van der Waals surface area contributed by atoms with Gasteiger partial charge in [-0.1, -0.05) is 31.5 Å². The summed E-state index contributed by atoms with van der Waals surface area (Å²) >= 11 is 0. The SMILES string of the molecule is CC[C@]1(CCCCc2nc(-c3ccccc3)oc2C)CO[C@](C)(C(=O)O)OC1. The Hall–Kier alpha value is -2.18. The summed E-state index contributed by atoms with van der Waals surface area (Å²) in [6, 6.07) is 9.91. The highest BCUT2D eigenvalue weighted by Gasteiger charge is 2.45. The van der Waals surface area contributed by atoms with Gasteiger partial charge in [-0.15, -0.1) is 0 Å². The first kappa shape index (κ1) is 20.6. The van der Waals surface area contributed by atoms with Crippen molar-refractivity contribution < 1.29 is 23.8 Å². The van der Waals surface area contributed by atoms with Crippen molar-refractivity contribution in [2.75, 3.05) is 13.2 Å². The first-order chi connectivity index (χ1) is 13.4. The molecule has 1 saturated heterocycles. The molecule has 0 spiro atoms. The lowest BCUT2D eigenvalue weighted by molar-refractivity contribution is -0.290. The van der Waals surface area contributed by atoms with E-state index in [0.29, 0.717) is 19.1 Å². The van der Waals surface area contributed by atoms with Gasteiger partial charge >= 0.3 is 5.97 Å². The molecule has 0 aliphatic carbocycles. The molecule has 0 unspecified atom stereocenters. The van der Waals surface area contributed by atoms with Crippen LogP contribution < -0.4 is 0 Å². The standard InChI is InChI=1S/C22H29NO5/c1-4-22(14-26-21(3,20(24)25)27-15-22)13-9-8-12-18-16(2)28-19(23-18)17-10-6-5-7-11-17/h5-7,10-11H,4,8-9,12-15H2,1-3H3,(H,24,25)/t21-,22-. The third-order valence-electron chi connectivity index (χ3n) is 5.73. The molecule has 1 aliphatic rings. The lowest BCUT2D eigenvalue weighted by Crippen LogP contribution is -2.52. The van der Waals surface area contributed by atoms with Crippen LogP contribution in [0.5, 0.6) is 0 Å². The maximum absolute atomic E-state index is 11.3. The summed E-state index contributed by atoms with van der Waals surface area (Å²) in [6.45, 7) is 6.34. The first-order valence-electron chi connectivity index (χ1n) is 9.90.